The van der Waals surface area contributed by atoms with Gasteiger partial charge in [-0.05, 0) is 31.9 Å². The number of thiazole rings is 1. The van der Waals surface area contributed by atoms with Crippen LogP contribution in [0.1, 0.15) is 39.1 Å². The maximum absolute atomic E-state index is 12.2. The van der Waals surface area contributed by atoms with Crippen LogP contribution in [0.15, 0.2) is 24.3 Å². The maximum Gasteiger partial charge on any atom is 0.267 e. The van der Waals surface area contributed by atoms with E-state index in [4.69, 9.17) is 11.6 Å². The van der Waals surface area contributed by atoms with Gasteiger partial charge in [0.1, 0.15) is 4.88 Å². The van der Waals surface area contributed by atoms with Crippen molar-refractivity contribution in [2.45, 2.75) is 25.7 Å². The highest BCUT2D eigenvalue weighted by Gasteiger charge is 2.29. The van der Waals surface area contributed by atoms with Gasteiger partial charge in [0.15, 0.2) is 0 Å². The highest BCUT2D eigenvalue weighted by atomic mass is 35.5. The van der Waals surface area contributed by atoms with Crippen LogP contribution >= 0.6 is 22.9 Å². The van der Waals surface area contributed by atoms with E-state index in [1.54, 1.807) is 12.1 Å². The number of hydrogen-bond donors (Lipinski definition) is 1. The van der Waals surface area contributed by atoms with Gasteiger partial charge in [0, 0.05) is 5.92 Å². The largest absolute Gasteiger partial charge is 0.320 e. The molecule has 1 N–H and O–H groups in total. The van der Waals surface area contributed by atoms with E-state index in [-0.39, 0.29) is 5.91 Å². The average molecular weight is 293 g/mol. The summed E-state index contributed by atoms with van der Waals surface area (Å²) >= 11 is 7.53. The predicted octanol–water partition coefficient (Wildman–Crippen LogP) is 4.23. The zero-order valence-electron chi connectivity index (χ0n) is 10.4. The standard InChI is InChI=1S/C14H13ClN2OS/c1-8-12(19-14(16-8)9-6-7-9)13(18)17-11-5-3-2-4-10(11)15/h2-5,9H,6-7H2,1H3,(H,17,18). The van der Waals surface area contributed by atoms with Crippen molar-refractivity contribution in [1.29, 1.82) is 0 Å². The van der Waals surface area contributed by atoms with Crippen LogP contribution in [0.3, 0.4) is 0 Å². The third-order valence-corrected chi connectivity index (χ3v) is 4.72. The summed E-state index contributed by atoms with van der Waals surface area (Å²) in [7, 11) is 0. The second-order valence-corrected chi connectivity index (χ2v) is 6.11. The molecule has 0 unspecified atom stereocenters. The van der Waals surface area contributed by atoms with Crippen molar-refractivity contribution in [3.63, 3.8) is 0 Å². The van der Waals surface area contributed by atoms with E-state index in [0.717, 1.165) is 10.7 Å². The summed E-state index contributed by atoms with van der Waals surface area (Å²) in [5, 5.41) is 4.47. The maximum atomic E-state index is 12.2. The van der Waals surface area contributed by atoms with E-state index in [1.807, 2.05) is 19.1 Å². The Morgan fingerprint density at radius 1 is 1.42 bits per heavy atom. The number of nitrogens with zero attached hydrogens (tertiary/aromatic N) is 1. The van der Waals surface area contributed by atoms with E-state index in [9.17, 15) is 4.79 Å². The van der Waals surface area contributed by atoms with Crippen molar-refractivity contribution in [2.24, 2.45) is 0 Å². The van der Waals surface area contributed by atoms with E-state index in [1.165, 1.54) is 24.2 Å². The first-order valence-electron chi connectivity index (χ1n) is 6.18. The number of carbonyl (C=O) groups excluding carboxylic acids is 1. The number of aryl methyl sites for hydroxylation is 1. The molecule has 1 amide bonds. The number of rotatable bonds is 3. The first kappa shape index (κ1) is 12.6. The number of benzene rings is 1. The fraction of sp³-hybridized carbons (Fsp3) is 0.286. The average Bonchev–Trinajstić information content (AvgIpc) is 3.16. The highest BCUT2D eigenvalue weighted by Crippen LogP contribution is 2.42. The van der Waals surface area contributed by atoms with Crippen LogP contribution in [-0.4, -0.2) is 10.9 Å². The van der Waals surface area contributed by atoms with Gasteiger partial charge in [0.25, 0.3) is 5.91 Å². The lowest BCUT2D eigenvalue weighted by Crippen LogP contribution is -2.11. The lowest BCUT2D eigenvalue weighted by Gasteiger charge is -2.05. The number of aromatic nitrogens is 1. The number of para-hydroxylation sites is 1. The molecule has 1 aliphatic rings. The third kappa shape index (κ3) is 2.65. The molecule has 1 heterocycles. The van der Waals surface area contributed by atoms with E-state index < -0.39 is 0 Å². The Morgan fingerprint density at radius 3 is 2.84 bits per heavy atom. The number of amides is 1. The van der Waals surface area contributed by atoms with Gasteiger partial charge >= 0.3 is 0 Å². The second kappa shape index (κ2) is 4.94. The van der Waals surface area contributed by atoms with Crippen LogP contribution in [-0.2, 0) is 0 Å². The molecule has 1 aromatic carbocycles. The van der Waals surface area contributed by atoms with Crippen LogP contribution in [0.4, 0.5) is 5.69 Å². The lowest BCUT2D eigenvalue weighted by atomic mass is 10.3. The summed E-state index contributed by atoms with van der Waals surface area (Å²) in [5.41, 5.74) is 1.44. The number of carbonyl (C=O) groups is 1. The topological polar surface area (TPSA) is 42.0 Å². The molecule has 0 spiro atoms. The zero-order valence-corrected chi connectivity index (χ0v) is 12.0. The second-order valence-electron chi connectivity index (χ2n) is 4.67. The summed E-state index contributed by atoms with van der Waals surface area (Å²) in [4.78, 5) is 17.4. The zero-order chi connectivity index (χ0) is 13.4. The highest BCUT2D eigenvalue weighted by molar-refractivity contribution is 7.14. The summed E-state index contributed by atoms with van der Waals surface area (Å²) in [6.07, 6.45) is 2.39. The summed E-state index contributed by atoms with van der Waals surface area (Å²) < 4.78 is 0. The molecule has 1 fully saturated rings. The van der Waals surface area contributed by atoms with Crippen LogP contribution in [0.25, 0.3) is 0 Å². The van der Waals surface area contributed by atoms with Gasteiger partial charge in [0.05, 0.1) is 21.4 Å². The molecule has 0 atom stereocenters. The third-order valence-electron chi connectivity index (χ3n) is 3.07. The Balaban J connectivity index is 1.82. The van der Waals surface area contributed by atoms with Gasteiger partial charge in [-0.25, -0.2) is 4.98 Å². The summed E-state index contributed by atoms with van der Waals surface area (Å²) in [6, 6.07) is 7.22. The normalized spacial score (nSPS) is 14.4. The summed E-state index contributed by atoms with van der Waals surface area (Å²) in [6.45, 7) is 1.88. The van der Waals surface area contributed by atoms with Gasteiger partial charge in [-0.3, -0.25) is 4.79 Å². The molecule has 3 rings (SSSR count). The van der Waals surface area contributed by atoms with Crippen LogP contribution in [0.5, 0.6) is 0 Å². The Morgan fingerprint density at radius 2 is 2.16 bits per heavy atom. The predicted molar refractivity (Wildman–Crippen MR) is 78.2 cm³/mol. The van der Waals surface area contributed by atoms with E-state index >= 15 is 0 Å². The van der Waals surface area contributed by atoms with Gasteiger partial charge < -0.3 is 5.32 Å². The Bertz CT molecular complexity index is 634. The number of nitrogens with one attached hydrogen (secondary N) is 1. The Hall–Kier alpha value is -1.39. The number of anilines is 1. The molecule has 3 nitrogen and oxygen atoms in total. The molecule has 19 heavy (non-hydrogen) atoms. The molecule has 0 bridgehead atoms. The summed E-state index contributed by atoms with van der Waals surface area (Å²) in [5.74, 6) is 0.445. The van der Waals surface area contributed by atoms with Gasteiger partial charge in [-0.15, -0.1) is 11.3 Å². The van der Waals surface area contributed by atoms with Gasteiger partial charge in [-0.2, -0.15) is 0 Å². The monoisotopic (exact) mass is 292 g/mol. The van der Waals surface area contributed by atoms with Crippen molar-refractivity contribution in [2.75, 3.05) is 5.32 Å². The molecule has 98 valence electrons. The fourth-order valence-corrected chi connectivity index (χ4v) is 3.19. The van der Waals surface area contributed by atoms with Crippen molar-refractivity contribution < 1.29 is 4.79 Å². The quantitative estimate of drug-likeness (QED) is 0.919. The molecular formula is C14H13ClN2OS. The van der Waals surface area contributed by atoms with Gasteiger partial charge in [-0.1, -0.05) is 23.7 Å². The minimum absolute atomic E-state index is 0.130. The number of halogens is 1. The van der Waals surface area contributed by atoms with E-state index in [2.05, 4.69) is 10.3 Å². The number of hydrogen-bond acceptors (Lipinski definition) is 3. The molecular weight excluding hydrogens is 280 g/mol. The molecule has 0 aliphatic heterocycles. The van der Waals surface area contributed by atoms with Gasteiger partial charge in [0.2, 0.25) is 0 Å². The fourth-order valence-electron chi connectivity index (χ4n) is 1.87. The molecule has 1 aliphatic carbocycles. The molecule has 0 radical (unpaired) electrons. The molecule has 2 aromatic rings. The lowest BCUT2D eigenvalue weighted by molar-refractivity contribution is 0.103. The minimum atomic E-state index is -0.130. The Labute approximate surface area is 120 Å². The van der Waals surface area contributed by atoms with Crippen molar-refractivity contribution in [3.8, 4) is 0 Å². The molecule has 1 aromatic heterocycles. The smallest absolute Gasteiger partial charge is 0.267 e. The van der Waals surface area contributed by atoms with Crippen LogP contribution < -0.4 is 5.32 Å². The first-order valence-corrected chi connectivity index (χ1v) is 7.38. The molecule has 1 saturated carbocycles. The molecule has 0 saturated heterocycles. The minimum Gasteiger partial charge on any atom is -0.320 e. The van der Waals surface area contributed by atoms with Crippen molar-refractivity contribution in [1.82, 2.24) is 4.98 Å². The Kier molecular flexibility index (Phi) is 3.29. The van der Waals surface area contributed by atoms with Crippen molar-refractivity contribution >= 4 is 34.5 Å². The SMILES string of the molecule is Cc1nc(C2CC2)sc1C(=O)Nc1ccccc1Cl. The van der Waals surface area contributed by atoms with E-state index in [0.29, 0.717) is 21.5 Å². The van der Waals surface area contributed by atoms with Crippen molar-refractivity contribution in [3.05, 3.63) is 44.9 Å². The van der Waals surface area contributed by atoms with Crippen LogP contribution in [0.2, 0.25) is 5.02 Å². The van der Waals surface area contributed by atoms with Crippen LogP contribution in [0, 0.1) is 6.92 Å². The molecule has 5 heteroatoms. The first-order chi connectivity index (χ1) is 9.15.